The lowest BCUT2D eigenvalue weighted by atomic mass is 10.2. The molecule has 1 heterocycles. The average molecular weight is 340 g/mol. The highest BCUT2D eigenvalue weighted by Gasteiger charge is 2.21. The van der Waals surface area contributed by atoms with Crippen LogP contribution in [0.4, 0.5) is 10.1 Å². The number of nitrogens with zero attached hydrogens (tertiary/aromatic N) is 2. The van der Waals surface area contributed by atoms with Gasteiger partial charge in [0.25, 0.3) is 0 Å². The Labute approximate surface area is 147 Å². The summed E-state index contributed by atoms with van der Waals surface area (Å²) in [6, 6.07) is 14.3. The van der Waals surface area contributed by atoms with Gasteiger partial charge in [-0.05, 0) is 24.3 Å². The zero-order valence-corrected chi connectivity index (χ0v) is 14.2. The van der Waals surface area contributed by atoms with Gasteiger partial charge in [-0.2, -0.15) is 0 Å². The number of halogens is 1. The highest BCUT2D eigenvalue weighted by atomic mass is 19.1. The summed E-state index contributed by atoms with van der Waals surface area (Å²) in [5.74, 6) is 0.466. The highest BCUT2D eigenvalue weighted by molar-refractivity contribution is 5.92. The first-order valence-corrected chi connectivity index (χ1v) is 8.28. The average Bonchev–Trinajstić information content (AvgIpc) is 2.67. The number of ether oxygens (including phenoxy) is 1. The molecule has 5 heteroatoms. The number of carbonyl (C=O) groups excluding carboxylic acids is 1. The smallest absolute Gasteiger partial charge is 0.246 e. The van der Waals surface area contributed by atoms with E-state index in [1.807, 2.05) is 35.2 Å². The zero-order chi connectivity index (χ0) is 17.6. The normalized spacial score (nSPS) is 14.8. The van der Waals surface area contributed by atoms with Gasteiger partial charge in [0.05, 0.1) is 12.8 Å². The van der Waals surface area contributed by atoms with Gasteiger partial charge in [0.15, 0.2) is 0 Å². The Hall–Kier alpha value is -2.82. The van der Waals surface area contributed by atoms with Crippen LogP contribution in [0, 0.1) is 5.82 Å². The molecule has 0 aliphatic carbocycles. The minimum atomic E-state index is -0.224. The minimum absolute atomic E-state index is 0.0425. The number of rotatable bonds is 4. The van der Waals surface area contributed by atoms with Gasteiger partial charge in [0.1, 0.15) is 11.6 Å². The summed E-state index contributed by atoms with van der Waals surface area (Å²) in [5, 5.41) is 0. The van der Waals surface area contributed by atoms with Crippen LogP contribution in [0.3, 0.4) is 0 Å². The highest BCUT2D eigenvalue weighted by Crippen LogP contribution is 2.21. The summed E-state index contributed by atoms with van der Waals surface area (Å²) in [6.07, 6.45) is 3.33. The maximum atomic E-state index is 13.9. The van der Waals surface area contributed by atoms with Crippen LogP contribution in [0.15, 0.2) is 54.6 Å². The van der Waals surface area contributed by atoms with Crippen molar-refractivity contribution >= 4 is 17.7 Å². The van der Waals surface area contributed by atoms with Crippen molar-refractivity contribution in [2.75, 3.05) is 38.2 Å². The van der Waals surface area contributed by atoms with Crippen molar-refractivity contribution in [3.63, 3.8) is 0 Å². The number of piperazine rings is 1. The van der Waals surface area contributed by atoms with E-state index in [1.54, 1.807) is 36.3 Å². The molecule has 0 unspecified atom stereocenters. The molecule has 0 N–H and O–H groups in total. The fourth-order valence-corrected chi connectivity index (χ4v) is 2.95. The molecule has 2 aromatic rings. The summed E-state index contributed by atoms with van der Waals surface area (Å²) in [5.41, 5.74) is 1.46. The molecule has 0 bridgehead atoms. The number of methoxy groups -OCH3 is 1. The zero-order valence-electron chi connectivity index (χ0n) is 14.2. The first kappa shape index (κ1) is 17.0. The number of amides is 1. The second-order valence-electron chi connectivity index (χ2n) is 5.84. The second kappa shape index (κ2) is 7.83. The fourth-order valence-electron chi connectivity index (χ4n) is 2.95. The van der Waals surface area contributed by atoms with Crippen LogP contribution in [-0.2, 0) is 4.79 Å². The van der Waals surface area contributed by atoms with Gasteiger partial charge in [-0.3, -0.25) is 4.79 Å². The number of carbonyl (C=O) groups is 1. The largest absolute Gasteiger partial charge is 0.496 e. The Bertz CT molecular complexity index is 768. The molecular formula is C20H21FN2O2. The topological polar surface area (TPSA) is 32.8 Å². The molecule has 0 atom stereocenters. The van der Waals surface area contributed by atoms with Crippen molar-refractivity contribution in [3.8, 4) is 5.75 Å². The lowest BCUT2D eigenvalue weighted by Gasteiger charge is -2.35. The lowest BCUT2D eigenvalue weighted by Crippen LogP contribution is -2.48. The van der Waals surface area contributed by atoms with Crippen molar-refractivity contribution in [2.45, 2.75) is 0 Å². The van der Waals surface area contributed by atoms with Gasteiger partial charge in [0, 0.05) is 37.8 Å². The molecule has 3 rings (SSSR count). The lowest BCUT2D eigenvalue weighted by molar-refractivity contribution is -0.126. The van der Waals surface area contributed by atoms with Crippen LogP contribution in [0.5, 0.6) is 5.75 Å². The molecule has 0 radical (unpaired) electrons. The maximum Gasteiger partial charge on any atom is 0.246 e. The van der Waals surface area contributed by atoms with Crippen molar-refractivity contribution in [1.82, 2.24) is 4.90 Å². The monoisotopic (exact) mass is 340 g/mol. The quantitative estimate of drug-likeness (QED) is 0.802. The Kier molecular flexibility index (Phi) is 5.33. The summed E-state index contributed by atoms with van der Waals surface area (Å²) in [6.45, 7) is 2.39. The number of benzene rings is 2. The molecular weight excluding hydrogens is 319 g/mol. The first-order valence-electron chi connectivity index (χ1n) is 8.28. The number of para-hydroxylation sites is 2. The molecule has 25 heavy (non-hydrogen) atoms. The third kappa shape index (κ3) is 3.99. The molecule has 1 aliphatic heterocycles. The summed E-state index contributed by atoms with van der Waals surface area (Å²) in [7, 11) is 1.61. The van der Waals surface area contributed by atoms with E-state index in [9.17, 15) is 9.18 Å². The predicted octanol–water partition coefficient (Wildman–Crippen LogP) is 3.20. The van der Waals surface area contributed by atoms with Gasteiger partial charge in [-0.15, -0.1) is 0 Å². The van der Waals surface area contributed by atoms with E-state index < -0.39 is 0 Å². The molecule has 2 aromatic carbocycles. The van der Waals surface area contributed by atoms with E-state index in [-0.39, 0.29) is 11.7 Å². The molecule has 0 spiro atoms. The number of anilines is 1. The SMILES string of the molecule is COc1ccccc1/C=C/C(=O)N1CCN(c2ccccc2F)CC1. The van der Waals surface area contributed by atoms with E-state index in [0.29, 0.717) is 31.9 Å². The Balaban J connectivity index is 1.60. The first-order chi connectivity index (χ1) is 12.2. The van der Waals surface area contributed by atoms with Crippen molar-refractivity contribution in [1.29, 1.82) is 0 Å². The Morgan fingerprint density at radius 1 is 1.04 bits per heavy atom. The molecule has 1 fully saturated rings. The van der Waals surface area contributed by atoms with Gasteiger partial charge >= 0.3 is 0 Å². The van der Waals surface area contributed by atoms with Crippen LogP contribution in [-0.4, -0.2) is 44.1 Å². The van der Waals surface area contributed by atoms with E-state index in [4.69, 9.17) is 4.74 Å². The standard InChI is InChI=1S/C20H21FN2O2/c1-25-19-9-5-2-6-16(19)10-11-20(24)23-14-12-22(13-15-23)18-8-4-3-7-17(18)21/h2-11H,12-15H2,1H3/b11-10+. The van der Waals surface area contributed by atoms with Crippen molar-refractivity contribution in [2.24, 2.45) is 0 Å². The van der Waals surface area contributed by atoms with E-state index >= 15 is 0 Å². The summed E-state index contributed by atoms with van der Waals surface area (Å²) in [4.78, 5) is 16.1. The van der Waals surface area contributed by atoms with E-state index in [2.05, 4.69) is 0 Å². The van der Waals surface area contributed by atoms with Crippen molar-refractivity contribution in [3.05, 3.63) is 66.0 Å². The molecule has 4 nitrogen and oxygen atoms in total. The van der Waals surface area contributed by atoms with Gasteiger partial charge < -0.3 is 14.5 Å². The van der Waals surface area contributed by atoms with Crippen LogP contribution < -0.4 is 9.64 Å². The molecule has 130 valence electrons. The summed E-state index contributed by atoms with van der Waals surface area (Å²) < 4.78 is 19.1. The molecule has 1 saturated heterocycles. The van der Waals surface area contributed by atoms with Crippen molar-refractivity contribution < 1.29 is 13.9 Å². The Morgan fingerprint density at radius 3 is 2.44 bits per heavy atom. The number of hydrogen-bond donors (Lipinski definition) is 0. The molecule has 0 saturated carbocycles. The summed E-state index contributed by atoms with van der Waals surface area (Å²) >= 11 is 0. The van der Waals surface area contributed by atoms with Crippen LogP contribution in [0.25, 0.3) is 6.08 Å². The minimum Gasteiger partial charge on any atom is -0.496 e. The molecule has 0 aromatic heterocycles. The van der Waals surface area contributed by atoms with Gasteiger partial charge in [0.2, 0.25) is 5.91 Å². The van der Waals surface area contributed by atoms with Crippen LogP contribution in [0.1, 0.15) is 5.56 Å². The van der Waals surface area contributed by atoms with Crippen LogP contribution >= 0.6 is 0 Å². The van der Waals surface area contributed by atoms with Crippen LogP contribution in [0.2, 0.25) is 0 Å². The number of hydrogen-bond acceptors (Lipinski definition) is 3. The fraction of sp³-hybridized carbons (Fsp3) is 0.250. The third-order valence-corrected chi connectivity index (χ3v) is 4.33. The van der Waals surface area contributed by atoms with E-state index in [1.165, 1.54) is 6.07 Å². The van der Waals surface area contributed by atoms with Gasteiger partial charge in [-0.1, -0.05) is 30.3 Å². The predicted molar refractivity (Wildman–Crippen MR) is 97.2 cm³/mol. The second-order valence-corrected chi connectivity index (χ2v) is 5.84. The van der Waals surface area contributed by atoms with Gasteiger partial charge in [-0.25, -0.2) is 4.39 Å². The molecule has 1 amide bonds. The van der Waals surface area contributed by atoms with E-state index in [0.717, 1.165) is 11.3 Å². The third-order valence-electron chi connectivity index (χ3n) is 4.33. The maximum absolute atomic E-state index is 13.9. The Morgan fingerprint density at radius 2 is 1.72 bits per heavy atom. The molecule has 1 aliphatic rings.